The molecule has 0 radical (unpaired) electrons. The topological polar surface area (TPSA) is 35.5 Å². The van der Waals surface area contributed by atoms with Crippen molar-refractivity contribution in [2.24, 2.45) is 0 Å². The molecule has 0 saturated heterocycles. The molecule has 0 fully saturated rings. The zero-order chi connectivity index (χ0) is 12.1. The summed E-state index contributed by atoms with van der Waals surface area (Å²) in [5.41, 5.74) is 0.709. The molecule has 0 unspecified atom stereocenters. The Hall–Kier alpha value is -1.19. The summed E-state index contributed by atoms with van der Waals surface area (Å²) in [6.45, 7) is 0. The van der Waals surface area contributed by atoms with Gasteiger partial charge in [-0.15, -0.1) is 0 Å². The Labute approximate surface area is 104 Å². The summed E-state index contributed by atoms with van der Waals surface area (Å²) in [7, 11) is 2.82. The van der Waals surface area contributed by atoms with Crippen LogP contribution in [-0.4, -0.2) is 20.2 Å². The standard InChI is InChI=1S/C11H10Cl2O3/c1-15-8-5-3-7(4-6-8)9(10(12)13)11(14)16-2/h3-6H,1-2H3. The highest BCUT2D eigenvalue weighted by atomic mass is 35.5. The maximum absolute atomic E-state index is 11.4. The van der Waals surface area contributed by atoms with Gasteiger partial charge in [-0.3, -0.25) is 0 Å². The monoisotopic (exact) mass is 260 g/mol. The Kier molecular flexibility index (Phi) is 4.65. The van der Waals surface area contributed by atoms with Gasteiger partial charge in [0.1, 0.15) is 10.2 Å². The Balaban J connectivity index is 3.13. The molecule has 16 heavy (non-hydrogen) atoms. The Morgan fingerprint density at radius 2 is 1.69 bits per heavy atom. The number of hydrogen-bond donors (Lipinski definition) is 0. The molecule has 5 heteroatoms. The maximum atomic E-state index is 11.4. The number of carbonyl (C=O) groups excluding carboxylic acids is 1. The third-order valence-electron chi connectivity index (χ3n) is 1.96. The van der Waals surface area contributed by atoms with Gasteiger partial charge in [0.15, 0.2) is 0 Å². The van der Waals surface area contributed by atoms with Crippen LogP contribution in [0, 0.1) is 0 Å². The molecule has 3 nitrogen and oxygen atoms in total. The number of halogens is 2. The highest BCUT2D eigenvalue weighted by Crippen LogP contribution is 2.26. The minimum atomic E-state index is -0.579. The molecule has 1 rings (SSSR count). The van der Waals surface area contributed by atoms with Crippen molar-refractivity contribution in [1.29, 1.82) is 0 Å². The van der Waals surface area contributed by atoms with Crippen molar-refractivity contribution in [2.75, 3.05) is 14.2 Å². The summed E-state index contributed by atoms with van der Waals surface area (Å²) in [5.74, 6) is 0.101. The number of ether oxygens (including phenoxy) is 2. The van der Waals surface area contributed by atoms with E-state index in [9.17, 15) is 4.79 Å². The van der Waals surface area contributed by atoms with Gasteiger partial charge in [-0.25, -0.2) is 4.79 Å². The van der Waals surface area contributed by atoms with Crippen LogP contribution in [0.25, 0.3) is 5.57 Å². The fraction of sp³-hybridized carbons (Fsp3) is 0.182. The van der Waals surface area contributed by atoms with Gasteiger partial charge in [0.25, 0.3) is 0 Å². The van der Waals surface area contributed by atoms with Crippen molar-refractivity contribution >= 4 is 34.7 Å². The summed E-state index contributed by atoms with van der Waals surface area (Å²) in [5, 5.41) is 0. The molecule has 86 valence electrons. The first-order chi connectivity index (χ1) is 7.60. The molecule has 0 heterocycles. The molecule has 0 saturated carbocycles. The number of benzene rings is 1. The van der Waals surface area contributed by atoms with Gasteiger partial charge in [-0.1, -0.05) is 35.3 Å². The minimum Gasteiger partial charge on any atom is -0.497 e. The minimum absolute atomic E-state index is 0.128. The van der Waals surface area contributed by atoms with Crippen LogP contribution in [0.4, 0.5) is 0 Å². The number of rotatable bonds is 3. The van der Waals surface area contributed by atoms with Gasteiger partial charge in [0.2, 0.25) is 0 Å². The van der Waals surface area contributed by atoms with E-state index in [4.69, 9.17) is 27.9 Å². The van der Waals surface area contributed by atoms with Crippen molar-refractivity contribution < 1.29 is 14.3 Å². The first-order valence-electron chi connectivity index (χ1n) is 4.38. The molecule has 0 aliphatic heterocycles. The lowest BCUT2D eigenvalue weighted by atomic mass is 10.1. The van der Waals surface area contributed by atoms with Gasteiger partial charge in [0.05, 0.1) is 19.8 Å². The summed E-state index contributed by atoms with van der Waals surface area (Å²) >= 11 is 11.3. The van der Waals surface area contributed by atoms with E-state index in [1.807, 2.05) is 0 Å². The van der Waals surface area contributed by atoms with Gasteiger partial charge >= 0.3 is 5.97 Å². The van der Waals surface area contributed by atoms with E-state index in [0.717, 1.165) is 0 Å². The van der Waals surface area contributed by atoms with Crippen molar-refractivity contribution in [1.82, 2.24) is 0 Å². The smallest absolute Gasteiger partial charge is 0.340 e. The highest BCUT2D eigenvalue weighted by molar-refractivity contribution is 6.61. The van der Waals surface area contributed by atoms with Gasteiger partial charge in [-0.05, 0) is 17.7 Å². The molecule has 1 aromatic rings. The van der Waals surface area contributed by atoms with Crippen molar-refractivity contribution in [3.63, 3.8) is 0 Å². The molecule has 0 aliphatic carbocycles. The molecule has 0 bridgehead atoms. The third kappa shape index (κ3) is 2.90. The first kappa shape index (κ1) is 12.9. The zero-order valence-corrected chi connectivity index (χ0v) is 10.3. The zero-order valence-electron chi connectivity index (χ0n) is 8.79. The molecule has 0 amide bonds. The predicted molar refractivity (Wildman–Crippen MR) is 63.6 cm³/mol. The van der Waals surface area contributed by atoms with Gasteiger partial charge in [0, 0.05) is 0 Å². The molecule has 0 aromatic heterocycles. The SMILES string of the molecule is COC(=O)C(=C(Cl)Cl)c1ccc(OC)cc1. The Bertz CT molecular complexity index is 406. The van der Waals surface area contributed by atoms with Crippen LogP contribution in [0.3, 0.4) is 0 Å². The van der Waals surface area contributed by atoms with E-state index >= 15 is 0 Å². The van der Waals surface area contributed by atoms with Gasteiger partial charge < -0.3 is 9.47 Å². The largest absolute Gasteiger partial charge is 0.497 e. The highest BCUT2D eigenvalue weighted by Gasteiger charge is 2.16. The fourth-order valence-electron chi connectivity index (χ4n) is 1.16. The third-order valence-corrected chi connectivity index (χ3v) is 2.34. The van der Waals surface area contributed by atoms with Crippen molar-refractivity contribution in [2.45, 2.75) is 0 Å². The first-order valence-corrected chi connectivity index (χ1v) is 5.13. The van der Waals surface area contributed by atoms with Crippen LogP contribution in [0.15, 0.2) is 28.8 Å². The summed E-state index contributed by atoms with van der Waals surface area (Å²) in [4.78, 5) is 11.4. The van der Waals surface area contributed by atoms with Crippen molar-refractivity contribution in [3.05, 3.63) is 34.3 Å². The van der Waals surface area contributed by atoms with E-state index < -0.39 is 5.97 Å². The quantitative estimate of drug-likeness (QED) is 0.619. The van der Waals surface area contributed by atoms with Gasteiger partial charge in [-0.2, -0.15) is 0 Å². The number of hydrogen-bond acceptors (Lipinski definition) is 3. The second-order valence-electron chi connectivity index (χ2n) is 2.86. The van der Waals surface area contributed by atoms with Crippen molar-refractivity contribution in [3.8, 4) is 5.75 Å². The normalized spacial score (nSPS) is 9.50. The van der Waals surface area contributed by atoms with E-state index in [1.54, 1.807) is 31.4 Å². The molecule has 1 aromatic carbocycles. The Morgan fingerprint density at radius 3 is 2.06 bits per heavy atom. The number of carbonyl (C=O) groups is 1. The Morgan fingerprint density at radius 1 is 1.12 bits per heavy atom. The lowest BCUT2D eigenvalue weighted by Gasteiger charge is -2.06. The van der Waals surface area contributed by atoms with Crippen LogP contribution >= 0.6 is 23.2 Å². The summed E-state index contributed by atoms with van der Waals surface area (Å²) < 4.78 is 9.46. The number of methoxy groups -OCH3 is 2. The van der Waals surface area contributed by atoms with Crippen LogP contribution in [0.1, 0.15) is 5.56 Å². The fourth-order valence-corrected chi connectivity index (χ4v) is 1.54. The average molecular weight is 261 g/mol. The van der Waals surface area contributed by atoms with E-state index in [1.165, 1.54) is 7.11 Å². The molecule has 0 N–H and O–H groups in total. The molecule has 0 spiro atoms. The molecule has 0 aliphatic rings. The van der Waals surface area contributed by atoms with E-state index in [2.05, 4.69) is 4.74 Å². The second-order valence-corrected chi connectivity index (χ2v) is 3.80. The second kappa shape index (κ2) is 5.77. The lowest BCUT2D eigenvalue weighted by Crippen LogP contribution is -2.04. The average Bonchev–Trinajstić information content (AvgIpc) is 2.29. The van der Waals surface area contributed by atoms with Crippen LogP contribution in [-0.2, 0) is 9.53 Å². The molecular weight excluding hydrogens is 251 g/mol. The van der Waals surface area contributed by atoms with Crippen LogP contribution < -0.4 is 4.74 Å². The molecular formula is C11H10Cl2O3. The van der Waals surface area contributed by atoms with E-state index in [0.29, 0.717) is 11.3 Å². The van der Waals surface area contributed by atoms with Crippen LogP contribution in [0.2, 0.25) is 0 Å². The van der Waals surface area contributed by atoms with E-state index in [-0.39, 0.29) is 10.1 Å². The predicted octanol–water partition coefficient (Wildman–Crippen LogP) is 3.01. The number of esters is 1. The molecule has 0 atom stereocenters. The maximum Gasteiger partial charge on any atom is 0.340 e. The van der Waals surface area contributed by atoms with Crippen LogP contribution in [0.5, 0.6) is 5.75 Å². The summed E-state index contributed by atoms with van der Waals surface area (Å²) in [6.07, 6.45) is 0. The lowest BCUT2D eigenvalue weighted by molar-refractivity contribution is -0.133. The summed E-state index contributed by atoms with van der Waals surface area (Å²) in [6, 6.07) is 6.76.